The number of pyridine rings is 1. The molecule has 0 saturated heterocycles. The zero-order chi connectivity index (χ0) is 13.0. The predicted octanol–water partition coefficient (Wildman–Crippen LogP) is 2.64. The zero-order valence-electron chi connectivity index (χ0n) is 11.5. The van der Waals surface area contributed by atoms with Gasteiger partial charge in [-0.1, -0.05) is 25.8 Å². The van der Waals surface area contributed by atoms with E-state index >= 15 is 0 Å². The van der Waals surface area contributed by atoms with E-state index in [2.05, 4.69) is 12.2 Å². The molecular formula is C15H24N2O. The van der Waals surface area contributed by atoms with Gasteiger partial charge in [-0.2, -0.15) is 0 Å². The number of rotatable bonds is 5. The second-order valence-corrected chi connectivity index (χ2v) is 5.17. The lowest BCUT2D eigenvalue weighted by Gasteiger charge is -2.27. The first-order valence-corrected chi connectivity index (χ1v) is 7.17. The fraction of sp³-hybridized carbons (Fsp3) is 0.667. The maximum Gasteiger partial charge on any atom is 0.250 e. The Morgan fingerprint density at radius 2 is 2.22 bits per heavy atom. The standard InChI is InChI=1S/C15H24N2O/c1-3-4-5-11-17-14-8-6-7-13(16-2)12(14)9-10-15(17)18/h9-10,13,16H,3-8,11H2,1-2H3. The lowest BCUT2D eigenvalue weighted by Crippen LogP contribution is -2.30. The van der Waals surface area contributed by atoms with E-state index in [1.165, 1.54) is 36.9 Å². The lowest BCUT2D eigenvalue weighted by molar-refractivity contribution is 0.461. The molecule has 0 aromatic carbocycles. The number of hydrogen-bond donors (Lipinski definition) is 1. The van der Waals surface area contributed by atoms with E-state index in [9.17, 15) is 4.79 Å². The largest absolute Gasteiger partial charge is 0.313 e. The predicted molar refractivity (Wildman–Crippen MR) is 75.0 cm³/mol. The van der Waals surface area contributed by atoms with E-state index in [4.69, 9.17) is 0 Å². The number of nitrogens with zero attached hydrogens (tertiary/aromatic N) is 1. The molecule has 100 valence electrons. The second kappa shape index (κ2) is 6.19. The van der Waals surface area contributed by atoms with Crippen LogP contribution in [0, 0.1) is 0 Å². The number of aromatic nitrogens is 1. The molecule has 0 amide bonds. The van der Waals surface area contributed by atoms with E-state index in [0.29, 0.717) is 6.04 Å². The van der Waals surface area contributed by atoms with Crippen LogP contribution in [0.2, 0.25) is 0 Å². The Morgan fingerprint density at radius 1 is 1.39 bits per heavy atom. The summed E-state index contributed by atoms with van der Waals surface area (Å²) in [6.45, 7) is 3.08. The average molecular weight is 248 g/mol. The minimum absolute atomic E-state index is 0.168. The van der Waals surface area contributed by atoms with E-state index < -0.39 is 0 Å². The minimum atomic E-state index is 0.168. The summed E-state index contributed by atoms with van der Waals surface area (Å²) in [7, 11) is 2.01. The molecule has 1 aliphatic rings. The summed E-state index contributed by atoms with van der Waals surface area (Å²) in [5.74, 6) is 0. The van der Waals surface area contributed by atoms with Crippen molar-refractivity contribution in [1.82, 2.24) is 9.88 Å². The summed E-state index contributed by atoms with van der Waals surface area (Å²) in [5.41, 5.74) is 2.77. The molecule has 1 unspecified atom stereocenters. The van der Waals surface area contributed by atoms with E-state index in [1.54, 1.807) is 6.07 Å². The maximum absolute atomic E-state index is 12.0. The van der Waals surface area contributed by atoms with Crippen molar-refractivity contribution in [2.24, 2.45) is 0 Å². The summed E-state index contributed by atoms with van der Waals surface area (Å²) in [4.78, 5) is 12.0. The highest BCUT2D eigenvalue weighted by atomic mass is 16.1. The van der Waals surface area contributed by atoms with Gasteiger partial charge in [-0.3, -0.25) is 4.79 Å². The quantitative estimate of drug-likeness (QED) is 0.813. The molecule has 1 atom stereocenters. The van der Waals surface area contributed by atoms with Crippen LogP contribution >= 0.6 is 0 Å². The summed E-state index contributed by atoms with van der Waals surface area (Å²) in [5, 5.41) is 3.36. The van der Waals surface area contributed by atoms with Crippen LogP contribution in [0.5, 0.6) is 0 Å². The van der Waals surface area contributed by atoms with Crippen LogP contribution < -0.4 is 10.9 Å². The van der Waals surface area contributed by atoms with E-state index in [-0.39, 0.29) is 5.56 Å². The lowest BCUT2D eigenvalue weighted by atomic mass is 9.91. The molecule has 0 bridgehead atoms. The van der Waals surface area contributed by atoms with Gasteiger partial charge in [0.15, 0.2) is 0 Å². The highest BCUT2D eigenvalue weighted by Crippen LogP contribution is 2.28. The van der Waals surface area contributed by atoms with Gasteiger partial charge in [-0.15, -0.1) is 0 Å². The Bertz CT molecular complexity index is 450. The van der Waals surface area contributed by atoms with Crippen LogP contribution in [0.15, 0.2) is 16.9 Å². The first-order chi connectivity index (χ1) is 8.77. The molecule has 1 aliphatic carbocycles. The highest BCUT2D eigenvalue weighted by molar-refractivity contribution is 5.27. The fourth-order valence-corrected chi connectivity index (χ4v) is 2.93. The average Bonchev–Trinajstić information content (AvgIpc) is 2.40. The molecule has 1 heterocycles. The third-order valence-electron chi connectivity index (χ3n) is 3.95. The van der Waals surface area contributed by atoms with E-state index in [0.717, 1.165) is 19.4 Å². The van der Waals surface area contributed by atoms with Gasteiger partial charge in [0.05, 0.1) is 0 Å². The first kappa shape index (κ1) is 13.3. The molecule has 1 N–H and O–H groups in total. The van der Waals surface area contributed by atoms with Crippen molar-refractivity contribution in [3.63, 3.8) is 0 Å². The number of unbranched alkanes of at least 4 members (excludes halogenated alkanes) is 2. The summed E-state index contributed by atoms with van der Waals surface area (Å²) < 4.78 is 2.01. The third-order valence-corrected chi connectivity index (χ3v) is 3.95. The molecule has 0 spiro atoms. The normalized spacial score (nSPS) is 18.7. The van der Waals surface area contributed by atoms with Crippen molar-refractivity contribution in [2.45, 2.75) is 58.0 Å². The Balaban J connectivity index is 2.30. The molecule has 0 aliphatic heterocycles. The Kier molecular flexibility index (Phi) is 4.59. The summed E-state index contributed by atoms with van der Waals surface area (Å²) in [6, 6.07) is 4.18. The van der Waals surface area contributed by atoms with Gasteiger partial charge in [0.2, 0.25) is 0 Å². The van der Waals surface area contributed by atoms with Crippen molar-refractivity contribution in [3.05, 3.63) is 33.7 Å². The molecule has 1 aromatic rings. The van der Waals surface area contributed by atoms with Crippen molar-refractivity contribution in [1.29, 1.82) is 0 Å². The SMILES string of the molecule is CCCCCn1c2c(ccc1=O)C(NC)CCC2. The van der Waals surface area contributed by atoms with Crippen LogP contribution in [0.1, 0.15) is 56.3 Å². The van der Waals surface area contributed by atoms with Gasteiger partial charge in [-0.05, 0) is 38.3 Å². The van der Waals surface area contributed by atoms with Crippen LogP contribution in [0.4, 0.5) is 0 Å². The third kappa shape index (κ3) is 2.66. The number of fused-ring (bicyclic) bond motifs is 1. The molecule has 3 nitrogen and oxygen atoms in total. The van der Waals surface area contributed by atoms with Crippen molar-refractivity contribution in [3.8, 4) is 0 Å². The highest BCUT2D eigenvalue weighted by Gasteiger charge is 2.21. The molecule has 0 radical (unpaired) electrons. The van der Waals surface area contributed by atoms with Gasteiger partial charge >= 0.3 is 0 Å². The molecule has 1 aromatic heterocycles. The van der Waals surface area contributed by atoms with Gasteiger partial charge in [0.25, 0.3) is 5.56 Å². The van der Waals surface area contributed by atoms with Crippen LogP contribution in [-0.4, -0.2) is 11.6 Å². The summed E-state index contributed by atoms with van der Waals surface area (Å²) in [6.07, 6.45) is 6.91. The van der Waals surface area contributed by atoms with E-state index in [1.807, 2.05) is 17.7 Å². The minimum Gasteiger partial charge on any atom is -0.313 e. The number of nitrogens with one attached hydrogen (secondary N) is 1. The monoisotopic (exact) mass is 248 g/mol. The first-order valence-electron chi connectivity index (χ1n) is 7.17. The van der Waals surface area contributed by atoms with Crippen molar-refractivity contribution >= 4 is 0 Å². The zero-order valence-corrected chi connectivity index (χ0v) is 11.5. The van der Waals surface area contributed by atoms with Gasteiger partial charge in [-0.25, -0.2) is 0 Å². The van der Waals surface area contributed by atoms with Crippen molar-refractivity contribution < 1.29 is 0 Å². The molecule has 0 saturated carbocycles. The van der Waals surface area contributed by atoms with Crippen LogP contribution in [0.3, 0.4) is 0 Å². The van der Waals surface area contributed by atoms with Gasteiger partial charge in [0, 0.05) is 24.3 Å². The van der Waals surface area contributed by atoms with Crippen molar-refractivity contribution in [2.75, 3.05) is 7.05 Å². The molecule has 2 rings (SSSR count). The molecular weight excluding hydrogens is 224 g/mol. The Hall–Kier alpha value is -1.09. The molecule has 18 heavy (non-hydrogen) atoms. The summed E-state index contributed by atoms with van der Waals surface area (Å²) >= 11 is 0. The van der Waals surface area contributed by atoms with Gasteiger partial charge in [0.1, 0.15) is 0 Å². The Morgan fingerprint density at radius 3 is 2.94 bits per heavy atom. The molecule has 0 fully saturated rings. The smallest absolute Gasteiger partial charge is 0.250 e. The molecule has 3 heteroatoms. The topological polar surface area (TPSA) is 34.0 Å². The van der Waals surface area contributed by atoms with Gasteiger partial charge < -0.3 is 9.88 Å². The maximum atomic E-state index is 12.0. The Labute approximate surface area is 109 Å². The fourth-order valence-electron chi connectivity index (χ4n) is 2.93. The number of hydrogen-bond acceptors (Lipinski definition) is 2. The van der Waals surface area contributed by atoms with Crippen LogP contribution in [-0.2, 0) is 13.0 Å². The van der Waals surface area contributed by atoms with Crippen LogP contribution in [0.25, 0.3) is 0 Å². The second-order valence-electron chi connectivity index (χ2n) is 5.17.